The molecular formula is C14H18BrN3O2. The molecule has 0 atom stereocenters. The number of nitrogens with two attached hydrogens (primary N) is 1. The molecule has 2 rings (SSSR count). The molecule has 0 spiro atoms. The molecule has 6 heteroatoms. The Kier molecular flexibility index (Phi) is 5.14. The molecule has 0 aliphatic carbocycles. The predicted molar refractivity (Wildman–Crippen MR) is 80.3 cm³/mol. The van der Waals surface area contributed by atoms with Gasteiger partial charge in [-0.15, -0.1) is 0 Å². The normalized spacial score (nSPS) is 16.1. The van der Waals surface area contributed by atoms with Crippen LogP contribution in [0.25, 0.3) is 0 Å². The van der Waals surface area contributed by atoms with Gasteiger partial charge in [0, 0.05) is 49.2 Å². The highest BCUT2D eigenvalue weighted by molar-refractivity contribution is 9.10. The Morgan fingerprint density at radius 1 is 1.10 bits per heavy atom. The Morgan fingerprint density at radius 3 is 2.25 bits per heavy atom. The highest BCUT2D eigenvalue weighted by Gasteiger charge is 2.21. The van der Waals surface area contributed by atoms with Crippen molar-refractivity contribution in [1.82, 2.24) is 9.80 Å². The van der Waals surface area contributed by atoms with Gasteiger partial charge >= 0.3 is 0 Å². The SMILES string of the molecule is NC(=O)CCN1CCN(C(=O)c2ccc(Br)cc2)CC1. The van der Waals surface area contributed by atoms with Crippen molar-refractivity contribution in [1.29, 1.82) is 0 Å². The zero-order valence-electron chi connectivity index (χ0n) is 11.2. The van der Waals surface area contributed by atoms with Crippen LogP contribution in [0.1, 0.15) is 16.8 Å². The number of nitrogens with zero attached hydrogens (tertiary/aromatic N) is 2. The molecule has 1 aromatic carbocycles. The summed E-state index contributed by atoms with van der Waals surface area (Å²) in [4.78, 5) is 27.1. The first kappa shape index (κ1) is 15.0. The van der Waals surface area contributed by atoms with E-state index in [-0.39, 0.29) is 11.8 Å². The van der Waals surface area contributed by atoms with Gasteiger partial charge in [-0.05, 0) is 24.3 Å². The molecule has 108 valence electrons. The molecule has 1 aromatic rings. The van der Waals surface area contributed by atoms with E-state index in [0.717, 1.165) is 17.6 Å². The summed E-state index contributed by atoms with van der Waals surface area (Å²) in [6.45, 7) is 3.63. The fraction of sp³-hybridized carbons (Fsp3) is 0.429. The van der Waals surface area contributed by atoms with Gasteiger partial charge in [-0.3, -0.25) is 14.5 Å². The molecule has 5 nitrogen and oxygen atoms in total. The molecule has 1 saturated heterocycles. The fourth-order valence-electron chi connectivity index (χ4n) is 2.22. The molecule has 20 heavy (non-hydrogen) atoms. The van der Waals surface area contributed by atoms with Gasteiger partial charge in [-0.25, -0.2) is 0 Å². The van der Waals surface area contributed by atoms with Gasteiger partial charge in [0.2, 0.25) is 5.91 Å². The topological polar surface area (TPSA) is 66.6 Å². The number of benzene rings is 1. The van der Waals surface area contributed by atoms with Gasteiger partial charge in [-0.1, -0.05) is 15.9 Å². The van der Waals surface area contributed by atoms with Crippen LogP contribution in [0.2, 0.25) is 0 Å². The minimum atomic E-state index is -0.279. The molecule has 0 saturated carbocycles. The Bertz CT molecular complexity index is 482. The van der Waals surface area contributed by atoms with Gasteiger partial charge in [0.15, 0.2) is 0 Å². The lowest BCUT2D eigenvalue weighted by Crippen LogP contribution is -2.49. The van der Waals surface area contributed by atoms with Crippen LogP contribution in [0.4, 0.5) is 0 Å². The van der Waals surface area contributed by atoms with Gasteiger partial charge in [0.25, 0.3) is 5.91 Å². The number of amides is 2. The third kappa shape index (κ3) is 4.05. The smallest absolute Gasteiger partial charge is 0.253 e. The monoisotopic (exact) mass is 339 g/mol. The second-order valence-corrected chi connectivity index (χ2v) is 5.77. The molecule has 2 N–H and O–H groups in total. The lowest BCUT2D eigenvalue weighted by molar-refractivity contribution is -0.118. The maximum atomic E-state index is 12.3. The van der Waals surface area contributed by atoms with Crippen LogP contribution in [0.5, 0.6) is 0 Å². The third-order valence-corrected chi connectivity index (χ3v) is 3.95. The van der Waals surface area contributed by atoms with Gasteiger partial charge in [-0.2, -0.15) is 0 Å². The van der Waals surface area contributed by atoms with Crippen molar-refractivity contribution < 1.29 is 9.59 Å². The zero-order chi connectivity index (χ0) is 14.5. The van der Waals surface area contributed by atoms with E-state index in [9.17, 15) is 9.59 Å². The van der Waals surface area contributed by atoms with E-state index in [1.54, 1.807) is 0 Å². The average Bonchev–Trinajstić information content (AvgIpc) is 2.46. The molecule has 0 radical (unpaired) electrons. The summed E-state index contributed by atoms with van der Waals surface area (Å²) >= 11 is 3.36. The minimum Gasteiger partial charge on any atom is -0.370 e. The van der Waals surface area contributed by atoms with Crippen molar-refractivity contribution in [3.63, 3.8) is 0 Å². The molecule has 1 heterocycles. The summed E-state index contributed by atoms with van der Waals surface area (Å²) in [6.07, 6.45) is 0.376. The summed E-state index contributed by atoms with van der Waals surface area (Å²) in [5, 5.41) is 0. The van der Waals surface area contributed by atoms with Crippen LogP contribution in [-0.2, 0) is 4.79 Å². The number of carbonyl (C=O) groups excluding carboxylic acids is 2. The molecule has 2 amide bonds. The number of carbonyl (C=O) groups is 2. The lowest BCUT2D eigenvalue weighted by atomic mass is 10.2. The van der Waals surface area contributed by atoms with Gasteiger partial charge < -0.3 is 10.6 Å². The molecule has 1 fully saturated rings. The van der Waals surface area contributed by atoms with E-state index in [2.05, 4.69) is 20.8 Å². The number of rotatable bonds is 4. The summed E-state index contributed by atoms with van der Waals surface area (Å²) in [5.41, 5.74) is 5.85. The number of halogens is 1. The van der Waals surface area contributed by atoms with Crippen LogP contribution in [0, 0.1) is 0 Å². The quantitative estimate of drug-likeness (QED) is 0.892. The highest BCUT2D eigenvalue weighted by atomic mass is 79.9. The fourth-order valence-corrected chi connectivity index (χ4v) is 2.48. The summed E-state index contributed by atoms with van der Waals surface area (Å²) < 4.78 is 0.963. The number of hydrogen-bond donors (Lipinski definition) is 1. The standard InChI is InChI=1S/C14H18BrN3O2/c15-12-3-1-11(2-4-12)14(20)18-9-7-17(8-10-18)6-5-13(16)19/h1-4H,5-10H2,(H2,16,19). The molecule has 0 bridgehead atoms. The lowest BCUT2D eigenvalue weighted by Gasteiger charge is -2.34. The third-order valence-electron chi connectivity index (χ3n) is 3.43. The summed E-state index contributed by atoms with van der Waals surface area (Å²) in [5.74, 6) is -0.217. The van der Waals surface area contributed by atoms with Crippen LogP contribution >= 0.6 is 15.9 Å². The number of piperazine rings is 1. The Hall–Kier alpha value is -1.40. The van der Waals surface area contributed by atoms with Gasteiger partial charge in [0.05, 0.1) is 0 Å². The molecular weight excluding hydrogens is 322 g/mol. The second kappa shape index (κ2) is 6.85. The van der Waals surface area contributed by atoms with Crippen molar-refractivity contribution in [2.75, 3.05) is 32.7 Å². The highest BCUT2D eigenvalue weighted by Crippen LogP contribution is 2.13. The molecule has 0 aromatic heterocycles. The van der Waals surface area contributed by atoms with Crippen LogP contribution < -0.4 is 5.73 Å². The van der Waals surface area contributed by atoms with E-state index in [1.165, 1.54) is 0 Å². The maximum Gasteiger partial charge on any atom is 0.253 e. The van der Waals surface area contributed by atoms with E-state index < -0.39 is 0 Å². The largest absolute Gasteiger partial charge is 0.370 e. The first-order valence-corrected chi connectivity index (χ1v) is 7.41. The van der Waals surface area contributed by atoms with Crippen LogP contribution in [0.3, 0.4) is 0 Å². The molecule has 1 aliphatic heterocycles. The molecule has 1 aliphatic rings. The van der Waals surface area contributed by atoms with E-state index in [4.69, 9.17) is 5.73 Å². The summed E-state index contributed by atoms with van der Waals surface area (Å²) in [6, 6.07) is 7.39. The van der Waals surface area contributed by atoms with Crippen molar-refractivity contribution in [3.05, 3.63) is 34.3 Å². The number of hydrogen-bond acceptors (Lipinski definition) is 3. The maximum absolute atomic E-state index is 12.3. The Labute approximate surface area is 126 Å². The second-order valence-electron chi connectivity index (χ2n) is 4.86. The van der Waals surface area contributed by atoms with Crippen molar-refractivity contribution in [3.8, 4) is 0 Å². The Morgan fingerprint density at radius 2 is 1.70 bits per heavy atom. The Balaban J connectivity index is 1.85. The average molecular weight is 340 g/mol. The summed E-state index contributed by atoms with van der Waals surface area (Å²) in [7, 11) is 0. The van der Waals surface area contributed by atoms with Crippen molar-refractivity contribution >= 4 is 27.7 Å². The first-order valence-electron chi connectivity index (χ1n) is 6.62. The van der Waals surface area contributed by atoms with E-state index in [1.807, 2.05) is 29.2 Å². The van der Waals surface area contributed by atoms with E-state index in [0.29, 0.717) is 31.6 Å². The van der Waals surface area contributed by atoms with Crippen molar-refractivity contribution in [2.45, 2.75) is 6.42 Å². The molecule has 0 unspecified atom stereocenters. The van der Waals surface area contributed by atoms with E-state index >= 15 is 0 Å². The van der Waals surface area contributed by atoms with Gasteiger partial charge in [0.1, 0.15) is 0 Å². The number of primary amides is 1. The van der Waals surface area contributed by atoms with Crippen LogP contribution in [0.15, 0.2) is 28.7 Å². The van der Waals surface area contributed by atoms with Crippen LogP contribution in [-0.4, -0.2) is 54.3 Å². The zero-order valence-corrected chi connectivity index (χ0v) is 12.8. The van der Waals surface area contributed by atoms with Crippen molar-refractivity contribution in [2.24, 2.45) is 5.73 Å². The minimum absolute atomic E-state index is 0.0621. The predicted octanol–water partition coefficient (Wildman–Crippen LogP) is 1.08. The first-order chi connectivity index (χ1) is 9.56.